The largest absolute Gasteiger partial charge is 0.433 e. The first-order valence-corrected chi connectivity index (χ1v) is 10.4. The van der Waals surface area contributed by atoms with Gasteiger partial charge in [-0.2, -0.15) is 9.37 Å². The Morgan fingerprint density at radius 2 is 1.91 bits per heavy atom. The van der Waals surface area contributed by atoms with Gasteiger partial charge in [-0.3, -0.25) is 0 Å². The van der Waals surface area contributed by atoms with Crippen LogP contribution in [-0.4, -0.2) is 36.3 Å². The van der Waals surface area contributed by atoms with Crippen LogP contribution in [-0.2, 0) is 11.2 Å². The molecule has 1 aliphatic carbocycles. The van der Waals surface area contributed by atoms with Gasteiger partial charge in [-0.1, -0.05) is 23.8 Å². The minimum atomic E-state index is -0.795. The highest BCUT2D eigenvalue weighted by Crippen LogP contribution is 2.35. The van der Waals surface area contributed by atoms with E-state index in [-0.39, 0.29) is 17.4 Å². The highest BCUT2D eigenvalue weighted by atomic mass is 19.1. The standard InChI is InChI=1S/C24H22F2N4O2/c1-15-11-16-5-6-20(21(25)19(16)12-15)32-24-22(26)23(27-14-28-24)29-17-3-2-4-18(13-17)30-7-9-31-10-8-30/h2-6,12-14H,7-11H2,1H3,(H,27,28,29). The SMILES string of the molecule is CC1=Cc2c(ccc(Oc3ncnc(Nc4cccc(N5CCOCC5)c4)c3F)c2F)C1. The van der Waals surface area contributed by atoms with Gasteiger partial charge in [0.25, 0.3) is 5.88 Å². The van der Waals surface area contributed by atoms with Crippen molar-refractivity contribution in [3.8, 4) is 11.6 Å². The van der Waals surface area contributed by atoms with Gasteiger partial charge in [-0.15, -0.1) is 0 Å². The fraction of sp³-hybridized carbons (Fsp3) is 0.250. The summed E-state index contributed by atoms with van der Waals surface area (Å²) in [5.74, 6) is -1.79. The van der Waals surface area contributed by atoms with Crippen molar-refractivity contribution in [1.82, 2.24) is 9.97 Å². The maximum absolute atomic E-state index is 15.1. The summed E-state index contributed by atoms with van der Waals surface area (Å²) < 4.78 is 40.9. The molecule has 0 bridgehead atoms. The van der Waals surface area contributed by atoms with E-state index < -0.39 is 11.6 Å². The molecule has 0 unspecified atom stereocenters. The lowest BCUT2D eigenvalue weighted by molar-refractivity contribution is 0.122. The zero-order valence-electron chi connectivity index (χ0n) is 17.6. The second-order valence-corrected chi connectivity index (χ2v) is 7.84. The molecule has 2 aliphatic rings. The first-order chi connectivity index (χ1) is 15.6. The number of ether oxygens (including phenoxy) is 2. The highest BCUT2D eigenvalue weighted by molar-refractivity contribution is 5.66. The summed E-state index contributed by atoms with van der Waals surface area (Å²) in [4.78, 5) is 10.1. The third-order valence-electron chi connectivity index (χ3n) is 5.54. The van der Waals surface area contributed by atoms with E-state index in [0.717, 1.165) is 29.9 Å². The van der Waals surface area contributed by atoms with E-state index in [1.54, 1.807) is 12.1 Å². The Morgan fingerprint density at radius 1 is 1.06 bits per heavy atom. The van der Waals surface area contributed by atoms with Crippen molar-refractivity contribution < 1.29 is 18.3 Å². The predicted molar refractivity (Wildman–Crippen MR) is 119 cm³/mol. The molecule has 0 atom stereocenters. The van der Waals surface area contributed by atoms with E-state index in [2.05, 4.69) is 20.2 Å². The fourth-order valence-electron chi connectivity index (χ4n) is 3.95. The molecule has 6 nitrogen and oxygen atoms in total. The first kappa shape index (κ1) is 20.4. The van der Waals surface area contributed by atoms with Crippen LogP contribution in [0.15, 0.2) is 48.3 Å². The van der Waals surface area contributed by atoms with E-state index in [4.69, 9.17) is 9.47 Å². The minimum absolute atomic E-state index is 0.0496. The molecule has 2 aromatic carbocycles. The second-order valence-electron chi connectivity index (χ2n) is 7.84. The molecule has 1 aliphatic heterocycles. The zero-order chi connectivity index (χ0) is 22.1. The molecule has 0 amide bonds. The topological polar surface area (TPSA) is 59.5 Å². The fourth-order valence-corrected chi connectivity index (χ4v) is 3.95. The normalized spacial score (nSPS) is 15.3. The van der Waals surface area contributed by atoms with Crippen LogP contribution in [0.3, 0.4) is 0 Å². The molecule has 3 aromatic rings. The molecule has 1 saturated heterocycles. The molecule has 8 heteroatoms. The molecule has 0 saturated carbocycles. The number of nitrogens with zero attached hydrogens (tertiary/aromatic N) is 3. The summed E-state index contributed by atoms with van der Waals surface area (Å²) in [5.41, 5.74) is 4.11. The molecule has 164 valence electrons. The summed E-state index contributed by atoms with van der Waals surface area (Å²) in [6, 6.07) is 10.9. The van der Waals surface area contributed by atoms with Crippen LogP contribution in [0.2, 0.25) is 0 Å². The Kier molecular flexibility index (Phi) is 5.45. The smallest absolute Gasteiger partial charge is 0.261 e. The van der Waals surface area contributed by atoms with Crippen LogP contribution in [0.25, 0.3) is 6.08 Å². The van der Waals surface area contributed by atoms with Gasteiger partial charge >= 0.3 is 0 Å². The number of hydrogen-bond acceptors (Lipinski definition) is 6. The molecule has 1 fully saturated rings. The van der Waals surface area contributed by atoms with Crippen molar-refractivity contribution in [3.05, 3.63) is 71.1 Å². The Morgan fingerprint density at radius 3 is 2.75 bits per heavy atom. The van der Waals surface area contributed by atoms with Gasteiger partial charge < -0.3 is 19.7 Å². The lowest BCUT2D eigenvalue weighted by atomic mass is 10.1. The van der Waals surface area contributed by atoms with Crippen LogP contribution in [0.5, 0.6) is 11.6 Å². The number of morpholine rings is 1. The average molecular weight is 436 g/mol. The van der Waals surface area contributed by atoms with E-state index in [1.807, 2.05) is 31.2 Å². The number of fused-ring (bicyclic) bond motifs is 1. The summed E-state index contributed by atoms with van der Waals surface area (Å²) in [5, 5.41) is 2.97. The molecule has 1 aromatic heterocycles. The number of anilines is 3. The van der Waals surface area contributed by atoms with E-state index in [9.17, 15) is 4.39 Å². The van der Waals surface area contributed by atoms with Crippen LogP contribution < -0.4 is 15.0 Å². The molecule has 0 radical (unpaired) electrons. The molecular formula is C24H22F2N4O2. The van der Waals surface area contributed by atoms with Gasteiger partial charge in [0, 0.05) is 30.0 Å². The Balaban J connectivity index is 1.38. The number of hydrogen-bond donors (Lipinski definition) is 1. The predicted octanol–water partition coefficient (Wildman–Crippen LogP) is 5.09. The second kappa shape index (κ2) is 8.55. The number of nitrogens with one attached hydrogen (secondary N) is 1. The van der Waals surface area contributed by atoms with Crippen molar-refractivity contribution in [3.63, 3.8) is 0 Å². The van der Waals surface area contributed by atoms with Crippen LogP contribution >= 0.6 is 0 Å². The van der Waals surface area contributed by atoms with Gasteiger partial charge in [0.15, 0.2) is 17.4 Å². The average Bonchev–Trinajstić information content (AvgIpc) is 3.20. The van der Waals surface area contributed by atoms with Crippen molar-refractivity contribution in [2.75, 3.05) is 36.5 Å². The Bertz CT molecular complexity index is 1190. The van der Waals surface area contributed by atoms with Gasteiger partial charge in [0.1, 0.15) is 6.33 Å². The van der Waals surface area contributed by atoms with Gasteiger partial charge in [-0.05, 0) is 43.2 Å². The quantitative estimate of drug-likeness (QED) is 0.602. The lowest BCUT2D eigenvalue weighted by Crippen LogP contribution is -2.36. The third-order valence-corrected chi connectivity index (χ3v) is 5.54. The zero-order valence-corrected chi connectivity index (χ0v) is 17.6. The van der Waals surface area contributed by atoms with Gasteiger partial charge in [0.05, 0.1) is 13.2 Å². The summed E-state index contributed by atoms with van der Waals surface area (Å²) in [6.45, 7) is 4.88. The van der Waals surface area contributed by atoms with Gasteiger partial charge in [-0.25, -0.2) is 9.37 Å². The summed E-state index contributed by atoms with van der Waals surface area (Å²) in [7, 11) is 0. The number of benzene rings is 2. The van der Waals surface area contributed by atoms with Crippen molar-refractivity contribution in [2.24, 2.45) is 0 Å². The molecule has 32 heavy (non-hydrogen) atoms. The number of halogens is 2. The lowest BCUT2D eigenvalue weighted by Gasteiger charge is -2.29. The minimum Gasteiger partial charge on any atom is -0.433 e. The van der Waals surface area contributed by atoms with E-state index >= 15 is 4.39 Å². The van der Waals surface area contributed by atoms with Crippen molar-refractivity contribution >= 4 is 23.3 Å². The van der Waals surface area contributed by atoms with E-state index in [1.165, 1.54) is 12.4 Å². The van der Waals surface area contributed by atoms with Crippen LogP contribution in [0.4, 0.5) is 26.0 Å². The Hall–Kier alpha value is -3.52. The number of allylic oxidation sites excluding steroid dienone is 1. The maximum Gasteiger partial charge on any atom is 0.261 e. The van der Waals surface area contributed by atoms with Crippen molar-refractivity contribution in [1.29, 1.82) is 0 Å². The molecule has 5 rings (SSSR count). The Labute approximate surface area is 184 Å². The highest BCUT2D eigenvalue weighted by Gasteiger charge is 2.21. The third kappa shape index (κ3) is 4.01. The maximum atomic E-state index is 15.1. The summed E-state index contributed by atoms with van der Waals surface area (Å²) >= 11 is 0. The van der Waals surface area contributed by atoms with Gasteiger partial charge in [0.2, 0.25) is 5.82 Å². The number of aromatic nitrogens is 2. The molecular weight excluding hydrogens is 414 g/mol. The van der Waals surface area contributed by atoms with Crippen molar-refractivity contribution in [2.45, 2.75) is 13.3 Å². The molecule has 2 heterocycles. The van der Waals surface area contributed by atoms with E-state index in [0.29, 0.717) is 30.9 Å². The van der Waals surface area contributed by atoms with Crippen LogP contribution in [0, 0.1) is 11.6 Å². The summed E-state index contributed by atoms with van der Waals surface area (Å²) in [6.07, 6.45) is 3.66. The first-order valence-electron chi connectivity index (χ1n) is 10.4. The van der Waals surface area contributed by atoms with Crippen LogP contribution in [0.1, 0.15) is 18.1 Å². The monoisotopic (exact) mass is 436 g/mol. The molecule has 1 N–H and O–H groups in total. The number of rotatable bonds is 5. The molecule has 0 spiro atoms.